The third-order valence-electron chi connectivity index (χ3n) is 5.59. The van der Waals surface area contributed by atoms with Crippen LogP contribution in [0.4, 0.5) is 0 Å². The van der Waals surface area contributed by atoms with Crippen molar-refractivity contribution < 1.29 is 9.53 Å². The Morgan fingerprint density at radius 2 is 1.57 bits per heavy atom. The minimum absolute atomic E-state index is 0.190. The van der Waals surface area contributed by atoms with Gasteiger partial charge in [-0.05, 0) is 50.4 Å². The van der Waals surface area contributed by atoms with Crippen LogP contribution in [0.25, 0.3) is 0 Å². The summed E-state index contributed by atoms with van der Waals surface area (Å²) in [7, 11) is 0. The van der Waals surface area contributed by atoms with E-state index in [4.69, 9.17) is 4.74 Å². The molecule has 0 aromatic carbocycles. The summed E-state index contributed by atoms with van der Waals surface area (Å²) in [6.07, 6.45) is 6.69. The Morgan fingerprint density at radius 1 is 1.05 bits per heavy atom. The SMILES string of the molecule is CCC1CC[C@@H](CC)N1C(=O)C(C(C)C)C1CCOCC1. The summed E-state index contributed by atoms with van der Waals surface area (Å²) in [5.74, 6) is 1.57. The Hall–Kier alpha value is -0.570. The molecule has 2 saturated heterocycles. The Morgan fingerprint density at radius 3 is 2.00 bits per heavy atom. The van der Waals surface area contributed by atoms with Gasteiger partial charge in [0, 0.05) is 31.2 Å². The third kappa shape index (κ3) is 3.61. The van der Waals surface area contributed by atoms with E-state index in [-0.39, 0.29) is 5.92 Å². The Labute approximate surface area is 130 Å². The van der Waals surface area contributed by atoms with Crippen molar-refractivity contribution in [2.75, 3.05) is 13.2 Å². The number of likely N-dealkylation sites (tertiary alicyclic amines) is 1. The first-order chi connectivity index (χ1) is 10.1. The van der Waals surface area contributed by atoms with Gasteiger partial charge in [0.2, 0.25) is 5.91 Å². The number of nitrogens with zero attached hydrogens (tertiary/aromatic N) is 1. The van der Waals surface area contributed by atoms with E-state index in [1.165, 1.54) is 12.8 Å². The zero-order valence-corrected chi connectivity index (χ0v) is 14.3. The van der Waals surface area contributed by atoms with Crippen molar-refractivity contribution in [1.29, 1.82) is 0 Å². The van der Waals surface area contributed by atoms with E-state index in [9.17, 15) is 4.79 Å². The molecule has 0 N–H and O–H groups in total. The predicted molar refractivity (Wildman–Crippen MR) is 86.1 cm³/mol. The molecule has 2 aliphatic rings. The van der Waals surface area contributed by atoms with Crippen molar-refractivity contribution in [3.05, 3.63) is 0 Å². The van der Waals surface area contributed by atoms with Gasteiger partial charge in [-0.25, -0.2) is 0 Å². The van der Waals surface area contributed by atoms with Crippen molar-refractivity contribution in [1.82, 2.24) is 4.90 Å². The van der Waals surface area contributed by atoms with E-state index in [2.05, 4.69) is 32.6 Å². The third-order valence-corrected chi connectivity index (χ3v) is 5.59. The van der Waals surface area contributed by atoms with E-state index in [1.54, 1.807) is 0 Å². The number of ether oxygens (including phenoxy) is 1. The summed E-state index contributed by atoms with van der Waals surface area (Å²) in [6.45, 7) is 10.5. The van der Waals surface area contributed by atoms with Crippen LogP contribution in [0.15, 0.2) is 0 Å². The second-order valence-electron chi connectivity index (χ2n) is 7.17. The lowest BCUT2D eigenvalue weighted by Crippen LogP contribution is -2.48. The van der Waals surface area contributed by atoms with Crippen LogP contribution in [0.2, 0.25) is 0 Å². The van der Waals surface area contributed by atoms with E-state index in [0.29, 0.717) is 29.8 Å². The van der Waals surface area contributed by atoms with Crippen molar-refractivity contribution in [2.24, 2.45) is 17.8 Å². The second-order valence-corrected chi connectivity index (χ2v) is 7.17. The molecule has 3 heteroatoms. The molecule has 2 unspecified atom stereocenters. The van der Waals surface area contributed by atoms with Gasteiger partial charge < -0.3 is 9.64 Å². The highest BCUT2D eigenvalue weighted by Gasteiger charge is 2.41. The molecule has 2 aliphatic heterocycles. The summed E-state index contributed by atoms with van der Waals surface area (Å²) in [5.41, 5.74) is 0. The van der Waals surface area contributed by atoms with Crippen LogP contribution in [0.5, 0.6) is 0 Å². The van der Waals surface area contributed by atoms with E-state index in [1.807, 2.05) is 0 Å². The number of rotatable bonds is 5. The van der Waals surface area contributed by atoms with Crippen LogP contribution in [0.1, 0.15) is 66.2 Å². The molecule has 0 aromatic heterocycles. The molecule has 21 heavy (non-hydrogen) atoms. The fourth-order valence-electron chi connectivity index (χ4n) is 4.40. The molecule has 122 valence electrons. The Kier molecular flexibility index (Phi) is 6.09. The van der Waals surface area contributed by atoms with Crippen LogP contribution in [-0.2, 0) is 9.53 Å². The van der Waals surface area contributed by atoms with E-state index < -0.39 is 0 Å². The Bertz CT molecular complexity index is 324. The topological polar surface area (TPSA) is 29.5 Å². The number of hydrogen-bond acceptors (Lipinski definition) is 2. The predicted octanol–water partition coefficient (Wildman–Crippen LogP) is 3.86. The minimum Gasteiger partial charge on any atom is -0.381 e. The van der Waals surface area contributed by atoms with Gasteiger partial charge in [0.25, 0.3) is 0 Å². The summed E-state index contributed by atoms with van der Waals surface area (Å²) < 4.78 is 5.49. The van der Waals surface area contributed by atoms with Gasteiger partial charge in [-0.3, -0.25) is 4.79 Å². The lowest BCUT2D eigenvalue weighted by molar-refractivity contribution is -0.143. The molecule has 3 atom stereocenters. The normalized spacial score (nSPS) is 29.1. The van der Waals surface area contributed by atoms with Crippen LogP contribution in [-0.4, -0.2) is 36.1 Å². The maximum absolute atomic E-state index is 13.3. The van der Waals surface area contributed by atoms with Gasteiger partial charge in [-0.15, -0.1) is 0 Å². The summed E-state index contributed by atoms with van der Waals surface area (Å²) >= 11 is 0. The molecule has 2 heterocycles. The summed E-state index contributed by atoms with van der Waals surface area (Å²) in [6, 6.07) is 0.951. The molecule has 0 spiro atoms. The summed E-state index contributed by atoms with van der Waals surface area (Å²) in [4.78, 5) is 15.6. The first-order valence-corrected chi connectivity index (χ1v) is 9.00. The molecule has 0 radical (unpaired) electrons. The van der Waals surface area contributed by atoms with Crippen molar-refractivity contribution in [2.45, 2.75) is 78.3 Å². The lowest BCUT2D eigenvalue weighted by atomic mass is 9.78. The monoisotopic (exact) mass is 295 g/mol. The van der Waals surface area contributed by atoms with Crippen LogP contribution < -0.4 is 0 Å². The molecular weight excluding hydrogens is 262 g/mol. The standard InChI is InChI=1S/C18H33NO2/c1-5-15-7-8-16(6-2)19(15)18(20)17(13(3)4)14-9-11-21-12-10-14/h13-17H,5-12H2,1-4H3/t15-,16?,17?/m1/s1. The highest BCUT2D eigenvalue weighted by atomic mass is 16.5. The van der Waals surface area contributed by atoms with Gasteiger partial charge in [0.15, 0.2) is 0 Å². The maximum atomic E-state index is 13.3. The Balaban J connectivity index is 2.16. The zero-order chi connectivity index (χ0) is 15.4. The zero-order valence-electron chi connectivity index (χ0n) is 14.3. The smallest absolute Gasteiger partial charge is 0.226 e. The highest BCUT2D eigenvalue weighted by Crippen LogP contribution is 2.36. The lowest BCUT2D eigenvalue weighted by Gasteiger charge is -2.38. The van der Waals surface area contributed by atoms with Gasteiger partial charge in [-0.2, -0.15) is 0 Å². The molecule has 2 rings (SSSR count). The number of carbonyl (C=O) groups excluding carboxylic acids is 1. The second kappa shape index (κ2) is 7.62. The average Bonchev–Trinajstić information content (AvgIpc) is 2.91. The number of carbonyl (C=O) groups is 1. The molecule has 1 amide bonds. The molecule has 0 saturated carbocycles. The molecule has 0 bridgehead atoms. The van der Waals surface area contributed by atoms with E-state index >= 15 is 0 Å². The summed E-state index contributed by atoms with van der Waals surface area (Å²) in [5, 5.41) is 0. The van der Waals surface area contributed by atoms with Gasteiger partial charge >= 0.3 is 0 Å². The molecular formula is C18H33NO2. The molecule has 0 aromatic rings. The quantitative estimate of drug-likeness (QED) is 0.770. The fraction of sp³-hybridized carbons (Fsp3) is 0.944. The van der Waals surface area contributed by atoms with Crippen molar-refractivity contribution in [3.8, 4) is 0 Å². The maximum Gasteiger partial charge on any atom is 0.226 e. The largest absolute Gasteiger partial charge is 0.381 e. The van der Waals surface area contributed by atoms with Crippen LogP contribution in [0, 0.1) is 17.8 Å². The number of hydrogen-bond donors (Lipinski definition) is 0. The minimum atomic E-state index is 0.190. The highest BCUT2D eigenvalue weighted by molar-refractivity contribution is 5.80. The number of amides is 1. The van der Waals surface area contributed by atoms with Gasteiger partial charge in [0.1, 0.15) is 0 Å². The van der Waals surface area contributed by atoms with Crippen molar-refractivity contribution >= 4 is 5.91 Å². The van der Waals surface area contributed by atoms with E-state index in [0.717, 1.165) is 38.9 Å². The first kappa shape index (κ1) is 16.8. The van der Waals surface area contributed by atoms with Gasteiger partial charge in [-0.1, -0.05) is 27.7 Å². The van der Waals surface area contributed by atoms with Crippen molar-refractivity contribution in [3.63, 3.8) is 0 Å². The molecule has 3 nitrogen and oxygen atoms in total. The first-order valence-electron chi connectivity index (χ1n) is 9.00. The van der Waals surface area contributed by atoms with Gasteiger partial charge in [0.05, 0.1) is 0 Å². The van der Waals surface area contributed by atoms with Crippen LogP contribution >= 0.6 is 0 Å². The molecule has 2 fully saturated rings. The molecule has 0 aliphatic carbocycles. The average molecular weight is 295 g/mol. The van der Waals surface area contributed by atoms with Crippen LogP contribution in [0.3, 0.4) is 0 Å². The fourth-order valence-corrected chi connectivity index (χ4v) is 4.40.